The molecule has 1 aromatic rings. The summed E-state index contributed by atoms with van der Waals surface area (Å²) < 4.78 is 37.9. The molecular weight excluding hydrogens is 241 g/mol. The van der Waals surface area contributed by atoms with E-state index in [1.54, 1.807) is 0 Å². The Kier molecular flexibility index (Phi) is 4.41. The van der Waals surface area contributed by atoms with Gasteiger partial charge in [0.15, 0.2) is 0 Å². The van der Waals surface area contributed by atoms with Crippen LogP contribution >= 0.6 is 0 Å². The van der Waals surface area contributed by atoms with Crippen molar-refractivity contribution in [3.05, 3.63) is 29.8 Å². The van der Waals surface area contributed by atoms with Gasteiger partial charge in [0.2, 0.25) is 0 Å². The van der Waals surface area contributed by atoms with Gasteiger partial charge in [0, 0.05) is 0 Å². The summed E-state index contributed by atoms with van der Waals surface area (Å²) in [5, 5.41) is 0.903. The molecule has 0 aliphatic rings. The Morgan fingerprint density at radius 3 is 2.35 bits per heavy atom. The minimum absolute atomic E-state index is 0.521. The minimum atomic E-state index is -4.23. The van der Waals surface area contributed by atoms with Crippen LogP contribution in [-0.4, -0.2) is 8.07 Å². The number of halogens is 3. The summed E-state index contributed by atoms with van der Waals surface area (Å²) in [6, 6.07) is 6.90. The lowest BCUT2D eigenvalue weighted by Crippen LogP contribution is -2.41. The summed E-state index contributed by atoms with van der Waals surface area (Å²) in [4.78, 5) is 0. The highest BCUT2D eigenvalue weighted by Gasteiger charge is 2.32. The molecule has 0 nitrogen and oxygen atoms in total. The van der Waals surface area contributed by atoms with Gasteiger partial charge in [-0.15, -0.1) is 0 Å². The monoisotopic (exact) mass is 260 g/mol. The van der Waals surface area contributed by atoms with Crippen LogP contribution in [0.25, 0.3) is 0 Å². The first-order chi connectivity index (χ1) is 7.77. The number of rotatable bonds is 4. The predicted octanol–water partition coefficient (Wildman–Crippen LogP) is 4.42. The molecule has 4 heteroatoms. The van der Waals surface area contributed by atoms with Crippen molar-refractivity contribution in [3.8, 4) is 0 Å². The van der Waals surface area contributed by atoms with E-state index in [1.165, 1.54) is 12.1 Å². The SMILES string of the molecule is CCCC[Si](C)(C)c1cccc(C(F)(F)F)c1. The molecule has 0 aliphatic heterocycles. The van der Waals surface area contributed by atoms with E-state index in [1.807, 2.05) is 6.07 Å². The summed E-state index contributed by atoms with van der Waals surface area (Å²) in [5.74, 6) is 0. The Hall–Kier alpha value is -0.773. The van der Waals surface area contributed by atoms with Crippen molar-refractivity contribution in [1.82, 2.24) is 0 Å². The quantitative estimate of drug-likeness (QED) is 0.703. The zero-order valence-electron chi connectivity index (χ0n) is 10.6. The highest BCUT2D eigenvalue weighted by molar-refractivity contribution is 6.89. The third-order valence-corrected chi connectivity index (χ3v) is 6.60. The fourth-order valence-corrected chi connectivity index (χ4v) is 4.50. The standard InChI is InChI=1S/C13H19F3Si/c1-4-5-9-17(2,3)12-8-6-7-11(10-12)13(14,15)16/h6-8,10H,4-5,9H2,1-3H3. The van der Waals surface area contributed by atoms with Gasteiger partial charge in [-0.1, -0.05) is 68.4 Å². The number of alkyl halides is 3. The molecule has 1 aromatic carbocycles. The molecule has 0 fully saturated rings. The highest BCUT2D eigenvalue weighted by Crippen LogP contribution is 2.29. The van der Waals surface area contributed by atoms with Gasteiger partial charge in [-0.2, -0.15) is 13.2 Å². The van der Waals surface area contributed by atoms with Crippen LogP contribution in [0.1, 0.15) is 25.3 Å². The van der Waals surface area contributed by atoms with Crippen LogP contribution in [0.15, 0.2) is 24.3 Å². The first-order valence-electron chi connectivity index (χ1n) is 5.95. The van der Waals surface area contributed by atoms with E-state index < -0.39 is 19.8 Å². The first-order valence-corrected chi connectivity index (χ1v) is 9.16. The van der Waals surface area contributed by atoms with Crippen LogP contribution < -0.4 is 5.19 Å². The van der Waals surface area contributed by atoms with Gasteiger partial charge in [0.1, 0.15) is 0 Å². The maximum atomic E-state index is 12.6. The normalized spacial score (nSPS) is 12.8. The van der Waals surface area contributed by atoms with Crippen molar-refractivity contribution in [2.75, 3.05) is 0 Å². The number of hydrogen-bond acceptors (Lipinski definition) is 0. The molecule has 96 valence electrons. The van der Waals surface area contributed by atoms with Crippen LogP contribution in [0, 0.1) is 0 Å². The third-order valence-electron chi connectivity index (χ3n) is 3.13. The number of hydrogen-bond donors (Lipinski definition) is 0. The van der Waals surface area contributed by atoms with Crippen LogP contribution in [-0.2, 0) is 6.18 Å². The Morgan fingerprint density at radius 2 is 1.82 bits per heavy atom. The molecule has 0 aromatic heterocycles. The predicted molar refractivity (Wildman–Crippen MR) is 68.3 cm³/mol. The van der Waals surface area contributed by atoms with Crippen molar-refractivity contribution < 1.29 is 13.2 Å². The Labute approximate surface area is 102 Å². The average Bonchev–Trinajstić information content (AvgIpc) is 2.25. The molecule has 0 bridgehead atoms. The van der Waals surface area contributed by atoms with E-state index in [4.69, 9.17) is 0 Å². The molecule has 0 aliphatic carbocycles. The van der Waals surface area contributed by atoms with E-state index in [2.05, 4.69) is 20.0 Å². The van der Waals surface area contributed by atoms with Crippen molar-refractivity contribution in [3.63, 3.8) is 0 Å². The molecule has 0 unspecified atom stereocenters. The molecule has 17 heavy (non-hydrogen) atoms. The molecule has 1 rings (SSSR count). The van der Waals surface area contributed by atoms with Gasteiger partial charge >= 0.3 is 6.18 Å². The van der Waals surface area contributed by atoms with E-state index in [9.17, 15) is 13.2 Å². The second-order valence-electron chi connectivity index (χ2n) is 5.07. The topological polar surface area (TPSA) is 0 Å². The lowest BCUT2D eigenvalue weighted by Gasteiger charge is -2.23. The smallest absolute Gasteiger partial charge is 0.166 e. The third kappa shape index (κ3) is 3.87. The summed E-state index contributed by atoms with van der Waals surface area (Å²) >= 11 is 0. The maximum absolute atomic E-state index is 12.6. The summed E-state index contributed by atoms with van der Waals surface area (Å²) in [5.41, 5.74) is -0.521. The van der Waals surface area contributed by atoms with Gasteiger partial charge in [-0.3, -0.25) is 0 Å². The van der Waals surface area contributed by atoms with Crippen molar-refractivity contribution >= 4 is 13.3 Å². The van der Waals surface area contributed by atoms with Crippen molar-refractivity contribution in [2.24, 2.45) is 0 Å². The van der Waals surface area contributed by atoms with E-state index in [0.717, 1.165) is 30.1 Å². The summed E-state index contributed by atoms with van der Waals surface area (Å²) in [7, 11) is -1.71. The van der Waals surface area contributed by atoms with Crippen LogP contribution in [0.2, 0.25) is 19.1 Å². The molecular formula is C13H19F3Si. The van der Waals surface area contributed by atoms with Gasteiger partial charge in [0.25, 0.3) is 0 Å². The number of benzene rings is 1. The molecule has 0 saturated carbocycles. The number of unbranched alkanes of at least 4 members (excludes halogenated alkanes) is 1. The van der Waals surface area contributed by atoms with E-state index in [0.29, 0.717) is 0 Å². The van der Waals surface area contributed by atoms with Gasteiger partial charge in [0.05, 0.1) is 13.6 Å². The molecule has 0 spiro atoms. The molecule has 0 amide bonds. The molecule has 0 N–H and O–H groups in total. The second-order valence-corrected chi connectivity index (χ2v) is 9.91. The zero-order chi connectivity index (χ0) is 13.1. The van der Waals surface area contributed by atoms with Crippen LogP contribution in [0.4, 0.5) is 13.2 Å². The molecule has 0 heterocycles. The average molecular weight is 260 g/mol. The van der Waals surface area contributed by atoms with Gasteiger partial charge in [-0.25, -0.2) is 0 Å². The summed E-state index contributed by atoms with van der Waals surface area (Å²) in [6.07, 6.45) is -2.05. The molecule has 0 radical (unpaired) electrons. The van der Waals surface area contributed by atoms with Crippen LogP contribution in [0.3, 0.4) is 0 Å². The van der Waals surface area contributed by atoms with Crippen molar-refractivity contribution in [1.29, 1.82) is 0 Å². The molecule has 0 atom stereocenters. The van der Waals surface area contributed by atoms with Gasteiger partial charge in [-0.05, 0) is 0 Å². The van der Waals surface area contributed by atoms with E-state index in [-0.39, 0.29) is 0 Å². The van der Waals surface area contributed by atoms with Gasteiger partial charge < -0.3 is 0 Å². The Bertz CT molecular complexity index is 369. The zero-order valence-corrected chi connectivity index (χ0v) is 11.6. The Balaban J connectivity index is 2.98. The minimum Gasteiger partial charge on any atom is -0.166 e. The first kappa shape index (κ1) is 14.3. The largest absolute Gasteiger partial charge is 0.416 e. The fraction of sp³-hybridized carbons (Fsp3) is 0.538. The second kappa shape index (κ2) is 5.25. The molecule has 0 saturated heterocycles. The van der Waals surface area contributed by atoms with Crippen LogP contribution in [0.5, 0.6) is 0 Å². The highest BCUT2D eigenvalue weighted by atomic mass is 28.3. The van der Waals surface area contributed by atoms with E-state index >= 15 is 0 Å². The van der Waals surface area contributed by atoms with Crippen molar-refractivity contribution in [2.45, 2.75) is 45.1 Å². The maximum Gasteiger partial charge on any atom is 0.416 e. The lowest BCUT2D eigenvalue weighted by atomic mass is 10.2. The fourth-order valence-electron chi connectivity index (χ4n) is 1.88. The Morgan fingerprint density at radius 1 is 1.18 bits per heavy atom. The lowest BCUT2D eigenvalue weighted by molar-refractivity contribution is -0.137. The summed E-state index contributed by atoms with van der Waals surface area (Å²) in [6.45, 7) is 6.38.